The number of carbonyl (C=O) groups is 2. The predicted octanol–water partition coefficient (Wildman–Crippen LogP) is 2.27. The zero-order valence-corrected chi connectivity index (χ0v) is 16.9. The van der Waals surface area contributed by atoms with E-state index in [4.69, 9.17) is 0 Å². The van der Waals surface area contributed by atoms with Crippen molar-refractivity contribution < 1.29 is 14.0 Å². The van der Waals surface area contributed by atoms with E-state index in [1.165, 1.54) is 6.07 Å². The highest BCUT2D eigenvalue weighted by Crippen LogP contribution is 2.21. The molecule has 8 heteroatoms. The Bertz CT molecular complexity index is 1170. The first-order valence-corrected chi connectivity index (χ1v) is 10.3. The molecule has 160 valence electrons. The Balaban J connectivity index is 1.33. The van der Waals surface area contributed by atoms with Gasteiger partial charge >= 0.3 is 0 Å². The molecule has 0 spiro atoms. The molecular formula is C23H23FN4O3. The van der Waals surface area contributed by atoms with Crippen LogP contribution in [0.1, 0.15) is 28.9 Å². The lowest BCUT2D eigenvalue weighted by molar-refractivity contribution is -0.126. The van der Waals surface area contributed by atoms with Crippen LogP contribution in [0.3, 0.4) is 0 Å². The minimum absolute atomic E-state index is 0.0731. The molecule has 4 rings (SSSR count). The van der Waals surface area contributed by atoms with E-state index in [1.54, 1.807) is 47.4 Å². The molecule has 3 aromatic rings. The molecule has 0 bridgehead atoms. The molecule has 0 atom stereocenters. The Labute approximate surface area is 178 Å². The summed E-state index contributed by atoms with van der Waals surface area (Å²) >= 11 is 0. The second kappa shape index (κ2) is 9.07. The second-order valence-electron chi connectivity index (χ2n) is 7.65. The summed E-state index contributed by atoms with van der Waals surface area (Å²) in [6, 6.07) is 13.4. The van der Waals surface area contributed by atoms with Crippen LogP contribution in [0.2, 0.25) is 0 Å². The third-order valence-electron chi connectivity index (χ3n) is 5.70. The van der Waals surface area contributed by atoms with Crippen molar-refractivity contribution in [2.75, 3.05) is 19.6 Å². The van der Waals surface area contributed by atoms with Crippen LogP contribution in [-0.2, 0) is 11.2 Å². The highest BCUT2D eigenvalue weighted by molar-refractivity contribution is 6.04. The molecule has 7 nitrogen and oxygen atoms in total. The van der Waals surface area contributed by atoms with Gasteiger partial charge in [-0.05, 0) is 37.0 Å². The van der Waals surface area contributed by atoms with Crippen LogP contribution < -0.4 is 10.9 Å². The number of rotatable bonds is 5. The second-order valence-corrected chi connectivity index (χ2v) is 7.65. The predicted molar refractivity (Wildman–Crippen MR) is 114 cm³/mol. The van der Waals surface area contributed by atoms with Gasteiger partial charge in [-0.15, -0.1) is 0 Å². The molecule has 2 aromatic carbocycles. The average Bonchev–Trinajstić information content (AvgIpc) is 2.80. The number of aromatic amines is 1. The van der Waals surface area contributed by atoms with Crippen LogP contribution >= 0.6 is 0 Å². The fourth-order valence-corrected chi connectivity index (χ4v) is 3.94. The van der Waals surface area contributed by atoms with Crippen LogP contribution in [0.15, 0.2) is 53.3 Å². The molecule has 0 saturated carbocycles. The maximum absolute atomic E-state index is 13.7. The zero-order valence-electron chi connectivity index (χ0n) is 16.9. The van der Waals surface area contributed by atoms with Crippen molar-refractivity contribution in [1.82, 2.24) is 20.4 Å². The van der Waals surface area contributed by atoms with Gasteiger partial charge in [-0.2, -0.15) is 5.10 Å². The summed E-state index contributed by atoms with van der Waals surface area (Å²) in [6.45, 7) is 1.23. The van der Waals surface area contributed by atoms with Crippen molar-refractivity contribution in [3.8, 4) is 0 Å². The van der Waals surface area contributed by atoms with Gasteiger partial charge in [0.1, 0.15) is 5.82 Å². The van der Waals surface area contributed by atoms with Gasteiger partial charge < -0.3 is 10.2 Å². The summed E-state index contributed by atoms with van der Waals surface area (Å²) < 4.78 is 13.7. The first kappa shape index (κ1) is 20.7. The van der Waals surface area contributed by atoms with Crippen molar-refractivity contribution in [3.63, 3.8) is 0 Å². The third kappa shape index (κ3) is 4.47. The van der Waals surface area contributed by atoms with Crippen LogP contribution in [0.5, 0.6) is 0 Å². The fraction of sp³-hybridized carbons (Fsp3) is 0.304. The van der Waals surface area contributed by atoms with E-state index in [1.807, 2.05) is 0 Å². The van der Waals surface area contributed by atoms with Gasteiger partial charge in [0.15, 0.2) is 5.69 Å². The van der Waals surface area contributed by atoms with Crippen LogP contribution in [0, 0.1) is 11.7 Å². The number of fused-ring (bicyclic) bond motifs is 1. The Kier molecular flexibility index (Phi) is 6.06. The normalized spacial score (nSPS) is 14.5. The number of amides is 2. The van der Waals surface area contributed by atoms with E-state index in [0.717, 1.165) is 0 Å². The molecule has 0 unspecified atom stereocenters. The van der Waals surface area contributed by atoms with E-state index in [2.05, 4.69) is 15.5 Å². The van der Waals surface area contributed by atoms with Gasteiger partial charge in [-0.25, -0.2) is 9.49 Å². The third-order valence-corrected chi connectivity index (χ3v) is 5.70. The van der Waals surface area contributed by atoms with E-state index >= 15 is 0 Å². The monoisotopic (exact) mass is 422 g/mol. The molecule has 2 amide bonds. The maximum atomic E-state index is 13.7. The minimum atomic E-state index is -0.335. The quantitative estimate of drug-likeness (QED) is 0.660. The Morgan fingerprint density at radius 3 is 2.48 bits per heavy atom. The number of halogens is 1. The molecular weight excluding hydrogens is 399 g/mol. The van der Waals surface area contributed by atoms with Crippen LogP contribution in [0.25, 0.3) is 10.8 Å². The molecule has 1 fully saturated rings. The Morgan fingerprint density at radius 2 is 1.74 bits per heavy atom. The number of hydrogen-bond donors (Lipinski definition) is 2. The Hall–Kier alpha value is -3.55. The maximum Gasteiger partial charge on any atom is 0.274 e. The number of hydrogen-bond acceptors (Lipinski definition) is 4. The van der Waals surface area contributed by atoms with Gasteiger partial charge in [0.05, 0.1) is 5.39 Å². The molecule has 31 heavy (non-hydrogen) atoms. The largest absolute Gasteiger partial charge is 0.356 e. The van der Waals surface area contributed by atoms with E-state index in [-0.39, 0.29) is 34.8 Å². The molecule has 2 N–H and O–H groups in total. The number of aromatic nitrogens is 2. The highest BCUT2D eigenvalue weighted by atomic mass is 19.1. The topological polar surface area (TPSA) is 95.2 Å². The number of piperidine rings is 1. The fourth-order valence-electron chi connectivity index (χ4n) is 3.94. The number of nitrogens with one attached hydrogen (secondary N) is 2. The summed E-state index contributed by atoms with van der Waals surface area (Å²) in [7, 11) is 0. The number of likely N-dealkylation sites (tertiary alicyclic amines) is 1. The summed E-state index contributed by atoms with van der Waals surface area (Å²) in [5.41, 5.74) is 0.449. The molecule has 2 heterocycles. The first-order valence-electron chi connectivity index (χ1n) is 10.3. The molecule has 1 aromatic heterocycles. The van der Waals surface area contributed by atoms with Gasteiger partial charge in [0.25, 0.3) is 11.5 Å². The van der Waals surface area contributed by atoms with Crippen molar-refractivity contribution in [1.29, 1.82) is 0 Å². The molecule has 1 aliphatic rings. The van der Waals surface area contributed by atoms with Gasteiger partial charge in [-0.3, -0.25) is 14.4 Å². The SMILES string of the molecule is O=C(NCCc1ccccc1F)C1CCN(C(=O)c2n[nH]c(=O)c3ccccc23)CC1. The average molecular weight is 422 g/mol. The smallest absolute Gasteiger partial charge is 0.274 e. The summed E-state index contributed by atoms with van der Waals surface area (Å²) in [4.78, 5) is 39.0. The molecule has 0 aliphatic carbocycles. The van der Waals surface area contributed by atoms with Crippen molar-refractivity contribution in [2.24, 2.45) is 5.92 Å². The highest BCUT2D eigenvalue weighted by Gasteiger charge is 2.29. The summed E-state index contributed by atoms with van der Waals surface area (Å²) in [5, 5.41) is 10.2. The van der Waals surface area contributed by atoms with E-state index in [9.17, 15) is 18.8 Å². The summed E-state index contributed by atoms with van der Waals surface area (Å²) in [6.07, 6.45) is 1.51. The lowest BCUT2D eigenvalue weighted by Gasteiger charge is -2.31. The van der Waals surface area contributed by atoms with Gasteiger partial charge in [0, 0.05) is 30.9 Å². The van der Waals surface area contributed by atoms with Crippen molar-refractivity contribution in [2.45, 2.75) is 19.3 Å². The lowest BCUT2D eigenvalue weighted by atomic mass is 9.95. The van der Waals surface area contributed by atoms with Crippen molar-refractivity contribution >= 4 is 22.6 Å². The van der Waals surface area contributed by atoms with E-state index in [0.29, 0.717) is 55.2 Å². The van der Waals surface area contributed by atoms with Crippen LogP contribution in [-0.4, -0.2) is 46.5 Å². The zero-order chi connectivity index (χ0) is 21.8. The van der Waals surface area contributed by atoms with E-state index < -0.39 is 0 Å². The molecule has 1 aliphatic heterocycles. The van der Waals surface area contributed by atoms with Gasteiger partial charge in [0.2, 0.25) is 5.91 Å². The Morgan fingerprint density at radius 1 is 1.06 bits per heavy atom. The standard InChI is InChI=1S/C23H23FN4O3/c24-19-8-4-1-5-15(19)9-12-25-21(29)16-10-13-28(14-11-16)23(31)20-17-6-2-3-7-18(17)22(30)27-26-20/h1-8,16H,9-14H2,(H,25,29)(H,27,30). The minimum Gasteiger partial charge on any atom is -0.356 e. The number of benzene rings is 2. The number of H-pyrrole nitrogens is 1. The summed E-state index contributed by atoms with van der Waals surface area (Å²) in [5.74, 6) is -0.793. The number of nitrogens with zero attached hydrogens (tertiary/aromatic N) is 2. The molecule has 0 radical (unpaired) electrons. The number of carbonyl (C=O) groups excluding carboxylic acids is 2. The van der Waals surface area contributed by atoms with Crippen LogP contribution in [0.4, 0.5) is 4.39 Å². The van der Waals surface area contributed by atoms with Crippen molar-refractivity contribution in [3.05, 3.63) is 76.0 Å². The van der Waals surface area contributed by atoms with Gasteiger partial charge in [-0.1, -0.05) is 36.4 Å². The molecule has 1 saturated heterocycles. The first-order chi connectivity index (χ1) is 15.0. The lowest BCUT2D eigenvalue weighted by Crippen LogP contribution is -2.43.